The number of carbonyl (C=O) groups excluding carboxylic acids is 1. The molecule has 0 radical (unpaired) electrons. The molecule has 0 spiro atoms. The monoisotopic (exact) mass is 247 g/mol. The predicted molar refractivity (Wildman–Crippen MR) is 72.1 cm³/mol. The normalized spacial score (nSPS) is 20.0. The zero-order chi connectivity index (χ0) is 13.0. The van der Waals surface area contributed by atoms with Crippen molar-refractivity contribution in [2.45, 2.75) is 25.4 Å². The van der Waals surface area contributed by atoms with Crippen molar-refractivity contribution >= 4 is 5.91 Å². The molecular formula is C14H21N3O. The molecule has 1 aromatic carbocycles. The summed E-state index contributed by atoms with van der Waals surface area (Å²) in [5.74, 6) is 0.0937. The fraction of sp³-hybridized carbons (Fsp3) is 0.500. The smallest absolute Gasteiger partial charge is 0.224 e. The van der Waals surface area contributed by atoms with E-state index in [1.807, 2.05) is 24.3 Å². The van der Waals surface area contributed by atoms with E-state index in [0.717, 1.165) is 30.6 Å². The highest BCUT2D eigenvalue weighted by molar-refractivity contribution is 5.79. The van der Waals surface area contributed by atoms with Gasteiger partial charge in [0.25, 0.3) is 0 Å². The fourth-order valence-corrected chi connectivity index (χ4v) is 2.43. The van der Waals surface area contributed by atoms with Crippen molar-refractivity contribution < 1.29 is 4.79 Å². The van der Waals surface area contributed by atoms with Crippen LogP contribution in [0.2, 0.25) is 0 Å². The van der Waals surface area contributed by atoms with Crippen molar-refractivity contribution in [1.29, 1.82) is 0 Å². The van der Waals surface area contributed by atoms with Gasteiger partial charge in [0.1, 0.15) is 0 Å². The van der Waals surface area contributed by atoms with Crippen LogP contribution in [0.4, 0.5) is 0 Å². The molecule has 1 heterocycles. The van der Waals surface area contributed by atoms with Crippen LogP contribution in [0.3, 0.4) is 0 Å². The van der Waals surface area contributed by atoms with Crippen LogP contribution in [-0.4, -0.2) is 37.0 Å². The molecule has 4 heteroatoms. The van der Waals surface area contributed by atoms with Gasteiger partial charge in [0, 0.05) is 19.1 Å². The number of hydrogen-bond donors (Lipinski definition) is 2. The summed E-state index contributed by atoms with van der Waals surface area (Å²) in [6.07, 6.45) is 1.47. The van der Waals surface area contributed by atoms with Gasteiger partial charge in [-0.05, 0) is 31.1 Å². The number of hydrogen-bond acceptors (Lipinski definition) is 3. The molecular weight excluding hydrogens is 226 g/mol. The lowest BCUT2D eigenvalue weighted by Crippen LogP contribution is -2.37. The highest BCUT2D eigenvalue weighted by Gasteiger charge is 2.21. The van der Waals surface area contributed by atoms with Crippen LogP contribution in [0.15, 0.2) is 24.3 Å². The van der Waals surface area contributed by atoms with E-state index in [2.05, 4.69) is 17.3 Å². The lowest BCUT2D eigenvalue weighted by atomic mass is 10.0. The van der Waals surface area contributed by atoms with Crippen molar-refractivity contribution in [2.24, 2.45) is 5.73 Å². The minimum absolute atomic E-state index is 0.0937. The number of nitrogens with zero attached hydrogens (tertiary/aromatic N) is 1. The molecule has 1 amide bonds. The number of likely N-dealkylation sites (tertiary alicyclic amines) is 1. The first-order chi connectivity index (χ1) is 8.69. The molecule has 1 aliphatic rings. The van der Waals surface area contributed by atoms with E-state index in [1.54, 1.807) is 0 Å². The van der Waals surface area contributed by atoms with E-state index in [-0.39, 0.29) is 5.91 Å². The van der Waals surface area contributed by atoms with Crippen molar-refractivity contribution in [1.82, 2.24) is 10.2 Å². The number of likely N-dealkylation sites (N-methyl/N-ethyl adjacent to an activating group) is 1. The molecule has 1 unspecified atom stereocenters. The van der Waals surface area contributed by atoms with Gasteiger partial charge in [0.05, 0.1) is 6.42 Å². The molecule has 4 nitrogen and oxygen atoms in total. The number of carbonyl (C=O) groups is 1. The van der Waals surface area contributed by atoms with Crippen LogP contribution in [0.25, 0.3) is 0 Å². The first-order valence-corrected chi connectivity index (χ1v) is 6.44. The summed E-state index contributed by atoms with van der Waals surface area (Å²) in [5.41, 5.74) is 7.75. The fourth-order valence-electron chi connectivity index (χ4n) is 2.43. The van der Waals surface area contributed by atoms with Gasteiger partial charge in [-0.1, -0.05) is 24.3 Å². The largest absolute Gasteiger partial charge is 0.352 e. The highest BCUT2D eigenvalue weighted by Crippen LogP contribution is 2.10. The van der Waals surface area contributed by atoms with Crippen molar-refractivity contribution in [3.05, 3.63) is 35.4 Å². The zero-order valence-corrected chi connectivity index (χ0v) is 10.9. The van der Waals surface area contributed by atoms with Gasteiger partial charge in [-0.25, -0.2) is 0 Å². The molecule has 0 aromatic heterocycles. The van der Waals surface area contributed by atoms with Gasteiger partial charge in [-0.15, -0.1) is 0 Å². The second-order valence-electron chi connectivity index (χ2n) is 4.96. The maximum Gasteiger partial charge on any atom is 0.224 e. The quantitative estimate of drug-likeness (QED) is 0.815. The molecule has 1 atom stereocenters. The highest BCUT2D eigenvalue weighted by atomic mass is 16.1. The minimum Gasteiger partial charge on any atom is -0.352 e. The Bertz CT molecular complexity index is 419. The van der Waals surface area contributed by atoms with E-state index < -0.39 is 0 Å². The second kappa shape index (κ2) is 5.98. The van der Waals surface area contributed by atoms with Gasteiger partial charge in [-0.2, -0.15) is 0 Å². The Balaban J connectivity index is 1.91. The summed E-state index contributed by atoms with van der Waals surface area (Å²) in [6.45, 7) is 2.49. The summed E-state index contributed by atoms with van der Waals surface area (Å²) >= 11 is 0. The van der Waals surface area contributed by atoms with Gasteiger partial charge in [0.2, 0.25) is 5.91 Å². The molecule has 0 saturated carbocycles. The van der Waals surface area contributed by atoms with E-state index in [9.17, 15) is 4.79 Å². The van der Waals surface area contributed by atoms with Crippen molar-refractivity contribution in [3.8, 4) is 0 Å². The third kappa shape index (κ3) is 3.31. The third-order valence-corrected chi connectivity index (χ3v) is 3.45. The van der Waals surface area contributed by atoms with Crippen molar-refractivity contribution in [2.75, 3.05) is 20.1 Å². The molecule has 1 saturated heterocycles. The van der Waals surface area contributed by atoms with E-state index in [4.69, 9.17) is 5.73 Å². The first kappa shape index (κ1) is 13.1. The van der Waals surface area contributed by atoms with Crippen molar-refractivity contribution in [3.63, 3.8) is 0 Å². The summed E-state index contributed by atoms with van der Waals surface area (Å²) in [6, 6.07) is 8.15. The molecule has 0 aliphatic carbocycles. The molecule has 1 aliphatic heterocycles. The average molecular weight is 247 g/mol. The number of nitrogens with two attached hydrogens (primary N) is 1. The maximum absolute atomic E-state index is 12.0. The molecule has 0 bridgehead atoms. The minimum atomic E-state index is 0.0937. The van der Waals surface area contributed by atoms with Crippen LogP contribution >= 0.6 is 0 Å². The summed E-state index contributed by atoms with van der Waals surface area (Å²) in [5, 5.41) is 3.09. The number of nitrogens with one attached hydrogen (secondary N) is 1. The number of amides is 1. The van der Waals surface area contributed by atoms with Gasteiger partial charge in [0.15, 0.2) is 0 Å². The van der Waals surface area contributed by atoms with Crippen LogP contribution in [0.1, 0.15) is 17.5 Å². The molecule has 2 rings (SSSR count). The number of benzene rings is 1. The topological polar surface area (TPSA) is 58.4 Å². The zero-order valence-electron chi connectivity index (χ0n) is 10.9. The van der Waals surface area contributed by atoms with Gasteiger partial charge < -0.3 is 16.0 Å². The van der Waals surface area contributed by atoms with Crippen LogP contribution in [0, 0.1) is 0 Å². The second-order valence-corrected chi connectivity index (χ2v) is 4.96. The SMILES string of the molecule is CN1CCC(NC(=O)Cc2ccccc2CN)C1. The summed E-state index contributed by atoms with van der Waals surface area (Å²) in [7, 11) is 2.08. The van der Waals surface area contributed by atoms with E-state index in [0.29, 0.717) is 19.0 Å². The lowest BCUT2D eigenvalue weighted by molar-refractivity contribution is -0.121. The van der Waals surface area contributed by atoms with Crippen LogP contribution < -0.4 is 11.1 Å². The van der Waals surface area contributed by atoms with Crippen LogP contribution in [-0.2, 0) is 17.8 Å². The molecule has 3 N–H and O–H groups in total. The number of rotatable bonds is 4. The Kier molecular flexibility index (Phi) is 4.33. The lowest BCUT2D eigenvalue weighted by Gasteiger charge is -2.14. The Hall–Kier alpha value is -1.39. The van der Waals surface area contributed by atoms with E-state index >= 15 is 0 Å². The Labute approximate surface area is 108 Å². The average Bonchev–Trinajstić information content (AvgIpc) is 2.75. The third-order valence-electron chi connectivity index (χ3n) is 3.45. The van der Waals surface area contributed by atoms with E-state index in [1.165, 1.54) is 0 Å². The Morgan fingerprint density at radius 3 is 2.78 bits per heavy atom. The molecule has 98 valence electrons. The molecule has 1 fully saturated rings. The summed E-state index contributed by atoms with van der Waals surface area (Å²) < 4.78 is 0. The molecule has 1 aromatic rings. The van der Waals surface area contributed by atoms with Crippen LogP contribution in [0.5, 0.6) is 0 Å². The Morgan fingerprint density at radius 2 is 2.17 bits per heavy atom. The first-order valence-electron chi connectivity index (χ1n) is 6.44. The van der Waals surface area contributed by atoms with Gasteiger partial charge >= 0.3 is 0 Å². The standard InChI is InChI=1S/C14H21N3O/c1-17-7-6-13(10-17)16-14(18)8-11-4-2-3-5-12(11)9-15/h2-5,13H,6-10,15H2,1H3,(H,16,18). The summed E-state index contributed by atoms with van der Waals surface area (Å²) in [4.78, 5) is 14.2. The maximum atomic E-state index is 12.0. The Morgan fingerprint density at radius 1 is 1.44 bits per heavy atom. The predicted octanol–water partition coefficient (Wildman–Crippen LogP) is 0.508. The van der Waals surface area contributed by atoms with Gasteiger partial charge in [-0.3, -0.25) is 4.79 Å². The molecule has 18 heavy (non-hydrogen) atoms.